The third kappa shape index (κ3) is 4.19. The Morgan fingerprint density at radius 1 is 1.13 bits per heavy atom. The molecule has 4 heteroatoms. The number of carbonyl (C=O) groups is 1. The fourth-order valence-corrected chi connectivity index (χ4v) is 2.25. The van der Waals surface area contributed by atoms with E-state index < -0.39 is 0 Å². The van der Waals surface area contributed by atoms with E-state index in [1.165, 1.54) is 5.56 Å². The molecule has 2 N–H and O–H groups in total. The van der Waals surface area contributed by atoms with Crippen molar-refractivity contribution in [1.82, 2.24) is 5.43 Å². The standard InChI is InChI=1S/C19H22N2O2/c1-4-17(16-7-5-6-8-18(16)22)20-21-19(23)15-11-9-14(10-12-15)13(2)3/h5-13,22H,4H2,1-3H3,(H,21,23). The fourth-order valence-electron chi connectivity index (χ4n) is 2.25. The number of phenols is 1. The first-order valence-corrected chi connectivity index (χ1v) is 7.78. The summed E-state index contributed by atoms with van der Waals surface area (Å²) in [5.74, 6) is 0.322. The van der Waals surface area contributed by atoms with Crippen molar-refractivity contribution in [2.24, 2.45) is 5.10 Å². The van der Waals surface area contributed by atoms with Crippen molar-refractivity contribution in [3.8, 4) is 5.75 Å². The fraction of sp³-hybridized carbons (Fsp3) is 0.263. The van der Waals surface area contributed by atoms with Gasteiger partial charge in [-0.05, 0) is 42.2 Å². The molecular formula is C19H22N2O2. The lowest BCUT2D eigenvalue weighted by molar-refractivity contribution is 0.0954. The first-order chi connectivity index (χ1) is 11.0. The normalized spacial score (nSPS) is 11.6. The number of hydrogen-bond donors (Lipinski definition) is 2. The van der Waals surface area contributed by atoms with E-state index in [1.54, 1.807) is 30.3 Å². The average molecular weight is 310 g/mol. The van der Waals surface area contributed by atoms with Crippen LogP contribution < -0.4 is 5.43 Å². The van der Waals surface area contributed by atoms with Crippen LogP contribution in [0.3, 0.4) is 0 Å². The summed E-state index contributed by atoms with van der Waals surface area (Å²) in [7, 11) is 0. The molecule has 2 aromatic carbocycles. The topological polar surface area (TPSA) is 61.7 Å². The number of hydrogen-bond acceptors (Lipinski definition) is 3. The Hall–Kier alpha value is -2.62. The highest BCUT2D eigenvalue weighted by atomic mass is 16.3. The van der Waals surface area contributed by atoms with Crippen LogP contribution in [0.1, 0.15) is 54.6 Å². The van der Waals surface area contributed by atoms with Crippen LogP contribution in [0.2, 0.25) is 0 Å². The molecule has 0 atom stereocenters. The van der Waals surface area contributed by atoms with Gasteiger partial charge in [0, 0.05) is 11.1 Å². The Kier molecular flexibility index (Phi) is 5.52. The lowest BCUT2D eigenvalue weighted by Crippen LogP contribution is -2.20. The molecular weight excluding hydrogens is 288 g/mol. The van der Waals surface area contributed by atoms with Gasteiger partial charge in [0.25, 0.3) is 5.91 Å². The molecule has 0 fully saturated rings. The minimum atomic E-state index is -0.262. The number of amides is 1. The summed E-state index contributed by atoms with van der Waals surface area (Å²) in [5.41, 5.74) is 5.58. The van der Waals surface area contributed by atoms with Crippen LogP contribution in [0.25, 0.3) is 0 Å². The van der Waals surface area contributed by atoms with Crippen molar-refractivity contribution in [2.75, 3.05) is 0 Å². The second kappa shape index (κ2) is 7.58. The largest absolute Gasteiger partial charge is 0.507 e. The lowest BCUT2D eigenvalue weighted by atomic mass is 10.0. The summed E-state index contributed by atoms with van der Waals surface area (Å²) >= 11 is 0. The summed E-state index contributed by atoms with van der Waals surface area (Å²) < 4.78 is 0. The highest BCUT2D eigenvalue weighted by Gasteiger charge is 2.09. The molecule has 0 saturated carbocycles. The molecule has 0 aliphatic heterocycles. The Labute approximate surface area is 136 Å². The Morgan fingerprint density at radius 2 is 1.78 bits per heavy atom. The molecule has 0 saturated heterocycles. The Balaban J connectivity index is 2.14. The summed E-state index contributed by atoms with van der Waals surface area (Å²) in [5, 5.41) is 14.0. The summed E-state index contributed by atoms with van der Waals surface area (Å²) in [4.78, 5) is 12.2. The zero-order valence-corrected chi connectivity index (χ0v) is 13.7. The molecule has 4 nitrogen and oxygen atoms in total. The number of hydrazone groups is 1. The number of aromatic hydroxyl groups is 1. The van der Waals surface area contributed by atoms with Gasteiger partial charge in [-0.3, -0.25) is 4.79 Å². The minimum Gasteiger partial charge on any atom is -0.507 e. The maximum absolute atomic E-state index is 12.2. The SMILES string of the molecule is CCC(=NNC(=O)c1ccc(C(C)C)cc1)c1ccccc1O. The van der Waals surface area contributed by atoms with E-state index in [0.29, 0.717) is 29.2 Å². The number of nitrogens with one attached hydrogen (secondary N) is 1. The third-order valence-electron chi connectivity index (χ3n) is 3.68. The second-order valence-corrected chi connectivity index (χ2v) is 5.65. The van der Waals surface area contributed by atoms with Gasteiger partial charge in [-0.1, -0.05) is 45.0 Å². The van der Waals surface area contributed by atoms with Crippen molar-refractivity contribution in [2.45, 2.75) is 33.1 Å². The van der Waals surface area contributed by atoms with E-state index >= 15 is 0 Å². The van der Waals surface area contributed by atoms with Gasteiger partial charge in [0.05, 0.1) is 5.71 Å². The monoisotopic (exact) mass is 310 g/mol. The molecule has 0 aromatic heterocycles. The van der Waals surface area contributed by atoms with E-state index in [1.807, 2.05) is 25.1 Å². The van der Waals surface area contributed by atoms with E-state index in [4.69, 9.17) is 0 Å². The van der Waals surface area contributed by atoms with Crippen LogP contribution in [0.4, 0.5) is 0 Å². The molecule has 0 aliphatic carbocycles. The number of para-hydroxylation sites is 1. The summed E-state index contributed by atoms with van der Waals surface area (Å²) in [6.07, 6.45) is 0.601. The smallest absolute Gasteiger partial charge is 0.271 e. The molecule has 2 rings (SSSR count). The zero-order chi connectivity index (χ0) is 16.8. The van der Waals surface area contributed by atoms with Gasteiger partial charge in [0.1, 0.15) is 5.75 Å². The molecule has 0 radical (unpaired) electrons. The van der Waals surface area contributed by atoms with Gasteiger partial charge < -0.3 is 5.11 Å². The van der Waals surface area contributed by atoms with Gasteiger partial charge in [-0.2, -0.15) is 5.10 Å². The van der Waals surface area contributed by atoms with E-state index in [0.717, 1.165) is 0 Å². The highest BCUT2D eigenvalue weighted by molar-refractivity contribution is 6.03. The highest BCUT2D eigenvalue weighted by Crippen LogP contribution is 2.18. The molecule has 0 unspecified atom stereocenters. The predicted molar refractivity (Wildman–Crippen MR) is 92.9 cm³/mol. The van der Waals surface area contributed by atoms with Crippen molar-refractivity contribution in [3.05, 3.63) is 65.2 Å². The second-order valence-electron chi connectivity index (χ2n) is 5.65. The molecule has 120 valence electrons. The van der Waals surface area contributed by atoms with Crippen LogP contribution in [0.15, 0.2) is 53.6 Å². The summed E-state index contributed by atoms with van der Waals surface area (Å²) in [6.45, 7) is 6.15. The Bertz CT molecular complexity index is 704. The van der Waals surface area contributed by atoms with E-state index in [2.05, 4.69) is 24.4 Å². The first-order valence-electron chi connectivity index (χ1n) is 7.78. The zero-order valence-electron chi connectivity index (χ0n) is 13.7. The third-order valence-corrected chi connectivity index (χ3v) is 3.68. The number of phenolic OH excluding ortho intramolecular Hbond substituents is 1. The van der Waals surface area contributed by atoms with Crippen LogP contribution in [-0.4, -0.2) is 16.7 Å². The van der Waals surface area contributed by atoms with Gasteiger partial charge in [0.2, 0.25) is 0 Å². The van der Waals surface area contributed by atoms with E-state index in [-0.39, 0.29) is 11.7 Å². The van der Waals surface area contributed by atoms with Crippen molar-refractivity contribution in [1.29, 1.82) is 0 Å². The molecule has 0 spiro atoms. The maximum Gasteiger partial charge on any atom is 0.271 e. The van der Waals surface area contributed by atoms with Gasteiger partial charge >= 0.3 is 0 Å². The molecule has 23 heavy (non-hydrogen) atoms. The average Bonchev–Trinajstić information content (AvgIpc) is 2.56. The number of rotatable bonds is 5. The van der Waals surface area contributed by atoms with Crippen LogP contribution in [0, 0.1) is 0 Å². The van der Waals surface area contributed by atoms with Gasteiger partial charge in [0.15, 0.2) is 0 Å². The number of nitrogens with zero attached hydrogens (tertiary/aromatic N) is 1. The maximum atomic E-state index is 12.2. The lowest BCUT2D eigenvalue weighted by Gasteiger charge is -2.08. The Morgan fingerprint density at radius 3 is 2.35 bits per heavy atom. The number of benzene rings is 2. The predicted octanol–water partition coefficient (Wildman–Crippen LogP) is 4.06. The molecule has 0 aliphatic rings. The minimum absolute atomic E-state index is 0.156. The van der Waals surface area contributed by atoms with Crippen LogP contribution in [-0.2, 0) is 0 Å². The van der Waals surface area contributed by atoms with Crippen LogP contribution in [0.5, 0.6) is 5.75 Å². The van der Waals surface area contributed by atoms with Crippen LogP contribution >= 0.6 is 0 Å². The van der Waals surface area contributed by atoms with Gasteiger partial charge in [-0.15, -0.1) is 0 Å². The molecule has 0 bridgehead atoms. The van der Waals surface area contributed by atoms with Crippen molar-refractivity contribution in [3.63, 3.8) is 0 Å². The molecule has 2 aromatic rings. The quantitative estimate of drug-likeness (QED) is 0.646. The number of carbonyl (C=O) groups excluding carboxylic acids is 1. The first kappa shape index (κ1) is 16.7. The van der Waals surface area contributed by atoms with Crippen molar-refractivity contribution >= 4 is 11.6 Å². The molecule has 0 heterocycles. The van der Waals surface area contributed by atoms with Gasteiger partial charge in [-0.25, -0.2) is 5.43 Å². The van der Waals surface area contributed by atoms with E-state index in [9.17, 15) is 9.90 Å². The molecule has 1 amide bonds. The summed E-state index contributed by atoms with van der Waals surface area (Å²) in [6, 6.07) is 14.5. The van der Waals surface area contributed by atoms with Crippen molar-refractivity contribution < 1.29 is 9.90 Å².